The van der Waals surface area contributed by atoms with Gasteiger partial charge in [0.25, 0.3) is 12.2 Å². The molecular formula is C28H32N4O4. The van der Waals surface area contributed by atoms with Crippen LogP contribution < -0.4 is 15.4 Å². The minimum atomic E-state index is -0.432. The summed E-state index contributed by atoms with van der Waals surface area (Å²) in [5, 5.41) is 11.3. The number of rotatable bonds is 7. The van der Waals surface area contributed by atoms with Gasteiger partial charge in [0.2, 0.25) is 0 Å². The van der Waals surface area contributed by atoms with E-state index in [-0.39, 0.29) is 6.03 Å². The van der Waals surface area contributed by atoms with Gasteiger partial charge >= 0.3 is 6.03 Å². The van der Waals surface area contributed by atoms with Crippen LogP contribution in [-0.2, 0) is 9.57 Å². The fourth-order valence-electron chi connectivity index (χ4n) is 5.11. The summed E-state index contributed by atoms with van der Waals surface area (Å²) in [5.74, 6) is 1.34. The Bertz CT molecular complexity index is 1310. The lowest BCUT2D eigenvalue weighted by Crippen LogP contribution is -2.41. The fraction of sp³-hybridized carbons (Fsp3) is 0.429. The first-order chi connectivity index (χ1) is 17.6. The van der Waals surface area contributed by atoms with Crippen LogP contribution >= 0.6 is 0 Å². The summed E-state index contributed by atoms with van der Waals surface area (Å²) < 4.78 is 14.2. The maximum atomic E-state index is 12.3. The molecule has 0 spiro atoms. The van der Waals surface area contributed by atoms with Crippen molar-refractivity contribution < 1.29 is 19.1 Å². The molecule has 2 saturated carbocycles. The fourth-order valence-corrected chi connectivity index (χ4v) is 5.11. The SMILES string of the molecule is CCOc1ccc2c(C3=NOC(C)O3)c(-c3ccc(NC(=O)NC4CCC4)cc3)n(C3CCC3)c2c1. The maximum absolute atomic E-state index is 12.3. The van der Waals surface area contributed by atoms with Crippen LogP contribution in [0.1, 0.15) is 64.0 Å². The summed E-state index contributed by atoms with van der Waals surface area (Å²) in [4.78, 5) is 17.8. The van der Waals surface area contributed by atoms with Crippen LogP contribution in [0.2, 0.25) is 0 Å². The highest BCUT2D eigenvalue weighted by Gasteiger charge is 2.32. The van der Waals surface area contributed by atoms with Crippen LogP contribution in [0, 0.1) is 0 Å². The molecule has 3 aromatic rings. The highest BCUT2D eigenvalue weighted by Crippen LogP contribution is 2.44. The summed E-state index contributed by atoms with van der Waals surface area (Å²) >= 11 is 0. The highest BCUT2D eigenvalue weighted by molar-refractivity contribution is 6.13. The minimum absolute atomic E-state index is 0.153. The average molecular weight is 489 g/mol. The van der Waals surface area contributed by atoms with E-state index >= 15 is 0 Å². The van der Waals surface area contributed by atoms with E-state index in [4.69, 9.17) is 14.3 Å². The Morgan fingerprint density at radius 2 is 1.89 bits per heavy atom. The van der Waals surface area contributed by atoms with Gasteiger partial charge in [-0.15, -0.1) is 0 Å². The van der Waals surface area contributed by atoms with Gasteiger partial charge in [0.05, 0.1) is 23.4 Å². The molecule has 2 fully saturated rings. The number of carbonyl (C=O) groups is 1. The topological polar surface area (TPSA) is 86.1 Å². The number of carbonyl (C=O) groups excluding carboxylic acids is 1. The Kier molecular flexibility index (Phi) is 5.95. The van der Waals surface area contributed by atoms with Crippen LogP contribution in [0.15, 0.2) is 47.6 Å². The largest absolute Gasteiger partial charge is 0.494 e. The van der Waals surface area contributed by atoms with Crippen molar-refractivity contribution in [1.82, 2.24) is 9.88 Å². The zero-order chi connectivity index (χ0) is 24.6. The molecule has 0 saturated heterocycles. The van der Waals surface area contributed by atoms with Crippen molar-refractivity contribution in [2.75, 3.05) is 11.9 Å². The predicted molar refractivity (Wildman–Crippen MR) is 139 cm³/mol. The number of oxime groups is 1. The van der Waals surface area contributed by atoms with Crippen molar-refractivity contribution >= 4 is 28.5 Å². The van der Waals surface area contributed by atoms with Crippen LogP contribution in [0.25, 0.3) is 22.2 Å². The molecule has 0 bridgehead atoms. The smallest absolute Gasteiger partial charge is 0.319 e. The van der Waals surface area contributed by atoms with E-state index < -0.39 is 6.29 Å². The van der Waals surface area contributed by atoms with E-state index in [9.17, 15) is 4.79 Å². The van der Waals surface area contributed by atoms with Gasteiger partial charge in [-0.1, -0.05) is 12.1 Å². The molecule has 2 amide bonds. The number of ether oxygens (including phenoxy) is 2. The zero-order valence-electron chi connectivity index (χ0n) is 20.8. The average Bonchev–Trinajstić information content (AvgIpc) is 3.37. The second-order valence-corrected chi connectivity index (χ2v) is 9.78. The molecule has 1 aliphatic heterocycles. The minimum Gasteiger partial charge on any atom is -0.494 e. The Morgan fingerprint density at radius 1 is 1.11 bits per heavy atom. The standard InChI is InChI=1S/C28H32N4O4/c1-3-34-22-14-15-23-24(16-22)32(21-8-5-9-21)26(25(23)27-31-36-17(2)35-27)18-10-12-20(13-11-18)30-28(33)29-19-6-4-7-19/h10-17,19,21H,3-9H2,1-2H3,(H2,29,30,33). The Labute approximate surface area is 210 Å². The van der Waals surface area contributed by atoms with Gasteiger partial charge < -0.3 is 29.5 Å². The first kappa shape index (κ1) is 22.8. The van der Waals surface area contributed by atoms with Crippen molar-refractivity contribution in [2.45, 2.75) is 70.7 Å². The van der Waals surface area contributed by atoms with Gasteiger partial charge in [-0.05, 0) is 80.4 Å². The van der Waals surface area contributed by atoms with Crippen molar-refractivity contribution in [3.05, 3.63) is 48.0 Å². The molecule has 1 aromatic heterocycles. The number of fused-ring (bicyclic) bond motifs is 1. The van der Waals surface area contributed by atoms with E-state index in [0.717, 1.165) is 64.8 Å². The van der Waals surface area contributed by atoms with E-state index in [0.29, 0.717) is 24.6 Å². The molecule has 1 atom stereocenters. The molecule has 8 nitrogen and oxygen atoms in total. The molecule has 2 aromatic carbocycles. The van der Waals surface area contributed by atoms with Crippen LogP contribution in [0.4, 0.5) is 10.5 Å². The third kappa shape index (κ3) is 4.14. The molecule has 1 unspecified atom stereocenters. The normalized spacial score (nSPS) is 19.6. The highest BCUT2D eigenvalue weighted by atomic mass is 16.8. The summed E-state index contributed by atoms with van der Waals surface area (Å²) in [7, 11) is 0. The van der Waals surface area contributed by atoms with Crippen molar-refractivity contribution in [3.63, 3.8) is 0 Å². The molecule has 2 heterocycles. The number of hydrogen-bond acceptors (Lipinski definition) is 5. The molecule has 8 heteroatoms. The Balaban J connectivity index is 1.42. The number of urea groups is 1. The van der Waals surface area contributed by atoms with E-state index in [1.54, 1.807) is 0 Å². The molecular weight excluding hydrogens is 456 g/mol. The van der Waals surface area contributed by atoms with Crippen molar-refractivity contribution in [3.8, 4) is 17.0 Å². The first-order valence-electron chi connectivity index (χ1n) is 13.0. The Morgan fingerprint density at radius 3 is 2.50 bits per heavy atom. The van der Waals surface area contributed by atoms with E-state index in [1.807, 2.05) is 32.0 Å². The zero-order valence-corrected chi connectivity index (χ0v) is 20.8. The summed E-state index contributed by atoms with van der Waals surface area (Å²) in [6.45, 7) is 4.44. The number of hydrogen-bond donors (Lipinski definition) is 2. The van der Waals surface area contributed by atoms with Gasteiger partial charge in [-0.3, -0.25) is 0 Å². The lowest BCUT2D eigenvalue weighted by Gasteiger charge is -2.30. The lowest BCUT2D eigenvalue weighted by atomic mass is 9.92. The molecule has 2 aliphatic carbocycles. The van der Waals surface area contributed by atoms with Crippen molar-refractivity contribution in [2.24, 2.45) is 5.16 Å². The first-order valence-corrected chi connectivity index (χ1v) is 13.0. The molecule has 2 N–H and O–H groups in total. The van der Waals surface area contributed by atoms with E-state index in [2.05, 4.69) is 44.6 Å². The van der Waals surface area contributed by atoms with Gasteiger partial charge in [0, 0.05) is 36.1 Å². The van der Waals surface area contributed by atoms with Crippen LogP contribution in [-0.4, -0.2) is 35.4 Å². The second-order valence-electron chi connectivity index (χ2n) is 9.78. The second kappa shape index (κ2) is 9.41. The van der Waals surface area contributed by atoms with E-state index in [1.165, 1.54) is 12.8 Å². The van der Waals surface area contributed by atoms with Gasteiger partial charge in [-0.2, -0.15) is 0 Å². The number of nitrogens with one attached hydrogen (secondary N) is 2. The summed E-state index contributed by atoms with van der Waals surface area (Å²) in [5.41, 5.74) is 4.86. The van der Waals surface area contributed by atoms with Gasteiger partial charge in [-0.25, -0.2) is 4.79 Å². The van der Waals surface area contributed by atoms with Crippen molar-refractivity contribution in [1.29, 1.82) is 0 Å². The summed E-state index contributed by atoms with van der Waals surface area (Å²) in [6, 6.07) is 14.7. The molecule has 6 rings (SSSR count). The lowest BCUT2D eigenvalue weighted by molar-refractivity contribution is -0.0317. The van der Waals surface area contributed by atoms with Gasteiger partial charge in [0.15, 0.2) is 0 Å². The number of nitrogens with zero attached hydrogens (tertiary/aromatic N) is 2. The molecule has 188 valence electrons. The number of aromatic nitrogens is 1. The summed E-state index contributed by atoms with van der Waals surface area (Å²) in [6.07, 6.45) is 6.31. The maximum Gasteiger partial charge on any atom is 0.319 e. The monoisotopic (exact) mass is 488 g/mol. The van der Waals surface area contributed by atoms with Gasteiger partial charge in [0.1, 0.15) is 5.75 Å². The predicted octanol–water partition coefficient (Wildman–Crippen LogP) is 6.16. The van der Waals surface area contributed by atoms with Crippen LogP contribution in [0.3, 0.4) is 0 Å². The van der Waals surface area contributed by atoms with Crippen LogP contribution in [0.5, 0.6) is 5.75 Å². The number of anilines is 1. The molecule has 0 radical (unpaired) electrons. The number of amides is 2. The third-order valence-corrected chi connectivity index (χ3v) is 7.36. The third-order valence-electron chi connectivity index (χ3n) is 7.36. The quantitative estimate of drug-likeness (QED) is 0.417. The Hall–Kier alpha value is -3.68. The number of benzene rings is 2. The molecule has 36 heavy (non-hydrogen) atoms. The molecule has 3 aliphatic rings.